The van der Waals surface area contributed by atoms with Gasteiger partial charge in [-0.2, -0.15) is 0 Å². The highest BCUT2D eigenvalue weighted by atomic mass is 16.5. The molecule has 3 saturated heterocycles. The summed E-state index contributed by atoms with van der Waals surface area (Å²) in [7, 11) is 0. The van der Waals surface area contributed by atoms with Crippen molar-refractivity contribution in [2.45, 2.75) is 75.7 Å². The van der Waals surface area contributed by atoms with Crippen molar-refractivity contribution < 1.29 is 14.2 Å². The van der Waals surface area contributed by atoms with E-state index in [4.69, 9.17) is 14.2 Å². The van der Waals surface area contributed by atoms with Gasteiger partial charge in [-0.1, -0.05) is 0 Å². The lowest BCUT2D eigenvalue weighted by Gasteiger charge is -2.39. The minimum Gasteiger partial charge on any atom is -0.379 e. The molecule has 4 rings (SSSR count). The predicted molar refractivity (Wildman–Crippen MR) is 90.2 cm³/mol. The van der Waals surface area contributed by atoms with Crippen LogP contribution in [0.15, 0.2) is 0 Å². The molecule has 0 amide bonds. The van der Waals surface area contributed by atoms with Gasteiger partial charge in [-0.3, -0.25) is 21.5 Å². The van der Waals surface area contributed by atoms with E-state index in [0.29, 0.717) is 43.4 Å². The Labute approximate surface area is 144 Å². The summed E-state index contributed by atoms with van der Waals surface area (Å²) in [6.45, 7) is 5.23. The second kappa shape index (κ2) is 7.95. The summed E-state index contributed by atoms with van der Waals surface area (Å²) in [5.74, 6) is 0.609. The Hall–Kier alpha value is -0.280. The van der Waals surface area contributed by atoms with Crippen LogP contribution < -0.4 is 21.5 Å². The summed E-state index contributed by atoms with van der Waals surface area (Å²) < 4.78 is 18.0. The third-order valence-electron chi connectivity index (χ3n) is 5.83. The molecule has 0 aromatic carbocycles. The molecular formula is C17H32N4O3. The molecule has 0 aromatic heterocycles. The zero-order valence-corrected chi connectivity index (χ0v) is 14.6. The Morgan fingerprint density at radius 3 is 2.92 bits per heavy atom. The van der Waals surface area contributed by atoms with Gasteiger partial charge in [0.25, 0.3) is 0 Å². The van der Waals surface area contributed by atoms with Gasteiger partial charge in [0.05, 0.1) is 25.4 Å². The molecular weight excluding hydrogens is 308 g/mol. The molecule has 1 aliphatic carbocycles. The first-order valence-electron chi connectivity index (χ1n) is 9.65. The normalized spacial score (nSPS) is 47.6. The van der Waals surface area contributed by atoms with Crippen LogP contribution in [0.5, 0.6) is 0 Å². The lowest BCUT2D eigenvalue weighted by Crippen LogP contribution is -2.62. The molecule has 0 aromatic rings. The summed E-state index contributed by atoms with van der Waals surface area (Å²) in [6, 6.07) is 1.43. The largest absolute Gasteiger partial charge is 0.379 e. The molecule has 4 aliphatic rings. The molecule has 7 heteroatoms. The zero-order chi connectivity index (χ0) is 16.4. The van der Waals surface area contributed by atoms with Crippen LogP contribution >= 0.6 is 0 Å². The standard InChI is InChI=1S/C17H32N4O3/c1-11-10-22-7-2-8-23-17-18-6-5-15(19-17)16-13-9-12(24-11)3-4-14(13)20-21-16/h11-21H,2-10H2,1H3/t11-,12?,13?,14?,15?,16?,17?/m1/s1. The number of hydrazine groups is 1. The maximum atomic E-state index is 6.28. The Bertz CT molecular complexity index is 413. The van der Waals surface area contributed by atoms with Crippen molar-refractivity contribution in [1.29, 1.82) is 0 Å². The fourth-order valence-corrected chi connectivity index (χ4v) is 4.65. The van der Waals surface area contributed by atoms with Gasteiger partial charge in [-0.05, 0) is 44.9 Å². The maximum absolute atomic E-state index is 6.28. The molecule has 0 radical (unpaired) electrons. The van der Waals surface area contributed by atoms with Gasteiger partial charge in [0, 0.05) is 31.3 Å². The number of fused-ring (bicyclic) bond motifs is 4. The third kappa shape index (κ3) is 3.93. The molecule has 7 nitrogen and oxygen atoms in total. The van der Waals surface area contributed by atoms with Crippen molar-refractivity contribution in [1.82, 2.24) is 21.5 Å². The average molecular weight is 340 g/mol. The SMILES string of the molecule is C[C@@H]1COCCCOC2NCCC(N2)C2NNC3CCC(CC32)O1. The number of nitrogens with one attached hydrogen (secondary N) is 4. The van der Waals surface area contributed by atoms with Crippen molar-refractivity contribution in [2.24, 2.45) is 5.92 Å². The molecule has 4 fully saturated rings. The summed E-state index contributed by atoms with van der Waals surface area (Å²) in [4.78, 5) is 0. The smallest absolute Gasteiger partial charge is 0.163 e. The monoisotopic (exact) mass is 340 g/mol. The quantitative estimate of drug-likeness (QED) is 0.497. The predicted octanol–water partition coefficient (Wildman–Crippen LogP) is 0.0772. The Balaban J connectivity index is 1.46. The van der Waals surface area contributed by atoms with Crippen LogP contribution in [0, 0.1) is 5.92 Å². The van der Waals surface area contributed by atoms with Gasteiger partial charge in [0.1, 0.15) is 0 Å². The molecule has 7 atom stereocenters. The Morgan fingerprint density at radius 2 is 1.96 bits per heavy atom. The van der Waals surface area contributed by atoms with E-state index in [1.54, 1.807) is 0 Å². The molecule has 6 unspecified atom stereocenters. The Kier molecular flexibility index (Phi) is 5.68. The van der Waals surface area contributed by atoms with E-state index in [-0.39, 0.29) is 12.5 Å². The van der Waals surface area contributed by atoms with Gasteiger partial charge in [-0.15, -0.1) is 0 Å². The van der Waals surface area contributed by atoms with Gasteiger partial charge >= 0.3 is 0 Å². The van der Waals surface area contributed by atoms with E-state index < -0.39 is 0 Å². The lowest BCUT2D eigenvalue weighted by molar-refractivity contribution is -0.0706. The highest BCUT2D eigenvalue weighted by molar-refractivity contribution is 5.01. The summed E-state index contributed by atoms with van der Waals surface area (Å²) >= 11 is 0. The van der Waals surface area contributed by atoms with E-state index in [0.717, 1.165) is 38.8 Å². The first-order chi connectivity index (χ1) is 11.8. The van der Waals surface area contributed by atoms with Crippen molar-refractivity contribution in [2.75, 3.05) is 26.4 Å². The van der Waals surface area contributed by atoms with Gasteiger partial charge in [0.2, 0.25) is 0 Å². The summed E-state index contributed by atoms with van der Waals surface area (Å²) in [5, 5.41) is 7.06. The first-order valence-corrected chi connectivity index (χ1v) is 9.65. The minimum absolute atomic E-state index is 0.0516. The van der Waals surface area contributed by atoms with Crippen LogP contribution in [0.3, 0.4) is 0 Å². The van der Waals surface area contributed by atoms with E-state index in [1.165, 1.54) is 6.42 Å². The zero-order valence-electron chi connectivity index (χ0n) is 14.6. The second-order valence-electron chi connectivity index (χ2n) is 7.66. The van der Waals surface area contributed by atoms with Crippen LogP contribution in [0.25, 0.3) is 0 Å². The summed E-state index contributed by atoms with van der Waals surface area (Å²) in [5.41, 5.74) is 7.10. The van der Waals surface area contributed by atoms with Crippen molar-refractivity contribution in [3.05, 3.63) is 0 Å². The first kappa shape index (κ1) is 17.1. The number of hydrogen-bond acceptors (Lipinski definition) is 7. The molecule has 24 heavy (non-hydrogen) atoms. The lowest BCUT2D eigenvalue weighted by atomic mass is 9.77. The molecule has 4 bridgehead atoms. The molecule has 3 aliphatic heterocycles. The molecule has 4 N–H and O–H groups in total. The fourth-order valence-electron chi connectivity index (χ4n) is 4.65. The van der Waals surface area contributed by atoms with Crippen molar-refractivity contribution >= 4 is 0 Å². The van der Waals surface area contributed by atoms with Crippen LogP contribution in [-0.4, -0.2) is 63.1 Å². The van der Waals surface area contributed by atoms with Gasteiger partial charge < -0.3 is 14.2 Å². The second-order valence-corrected chi connectivity index (χ2v) is 7.66. The number of rotatable bonds is 0. The van der Waals surface area contributed by atoms with Crippen LogP contribution in [0.4, 0.5) is 0 Å². The molecule has 1 saturated carbocycles. The molecule has 0 spiro atoms. The van der Waals surface area contributed by atoms with Crippen LogP contribution in [0.2, 0.25) is 0 Å². The van der Waals surface area contributed by atoms with Gasteiger partial charge in [-0.25, -0.2) is 0 Å². The topological polar surface area (TPSA) is 75.8 Å². The van der Waals surface area contributed by atoms with Crippen LogP contribution in [-0.2, 0) is 14.2 Å². The average Bonchev–Trinajstić information content (AvgIpc) is 3.01. The van der Waals surface area contributed by atoms with Crippen molar-refractivity contribution in [3.8, 4) is 0 Å². The Morgan fingerprint density at radius 1 is 1.00 bits per heavy atom. The highest BCUT2D eigenvalue weighted by Crippen LogP contribution is 2.34. The highest BCUT2D eigenvalue weighted by Gasteiger charge is 2.45. The minimum atomic E-state index is -0.0516. The number of hydrogen-bond donors (Lipinski definition) is 4. The summed E-state index contributed by atoms with van der Waals surface area (Å²) in [6.07, 6.45) is 5.93. The van der Waals surface area contributed by atoms with E-state index in [1.807, 2.05) is 0 Å². The fraction of sp³-hybridized carbons (Fsp3) is 1.00. The molecule has 3 heterocycles. The van der Waals surface area contributed by atoms with E-state index in [2.05, 4.69) is 28.4 Å². The van der Waals surface area contributed by atoms with Crippen molar-refractivity contribution in [3.63, 3.8) is 0 Å². The molecule has 138 valence electrons. The third-order valence-corrected chi connectivity index (χ3v) is 5.83. The van der Waals surface area contributed by atoms with Crippen LogP contribution in [0.1, 0.15) is 39.0 Å². The van der Waals surface area contributed by atoms with E-state index in [9.17, 15) is 0 Å². The van der Waals surface area contributed by atoms with Gasteiger partial charge in [0.15, 0.2) is 6.35 Å². The van der Waals surface area contributed by atoms with E-state index >= 15 is 0 Å². The number of ether oxygens (including phenoxy) is 3. The maximum Gasteiger partial charge on any atom is 0.163 e.